The maximum Gasteiger partial charge on any atom is 0.264 e. The van der Waals surface area contributed by atoms with Crippen LogP contribution in [0, 0.1) is 0 Å². The molecule has 0 bridgehead atoms. The monoisotopic (exact) mass is 470 g/mol. The summed E-state index contributed by atoms with van der Waals surface area (Å²) in [6.45, 7) is 2.26. The molecule has 8 heteroatoms. The third-order valence-electron chi connectivity index (χ3n) is 5.37. The standard InChI is InChI=1S/C24H23ClN2O4S/c1-17(18-8-4-2-5-9-18)15-26-24(28)23-16-27(21-14-19(25)12-13-22(21)31-23)32(29,30)20-10-6-3-7-11-20/h2-14,17,23H,15-16H2,1H3,(H,26,28)/t17-,23-/m1/s1. The molecule has 1 N–H and O–H groups in total. The first-order valence-corrected chi connectivity index (χ1v) is 12.0. The zero-order valence-corrected chi connectivity index (χ0v) is 19.0. The predicted octanol–water partition coefficient (Wildman–Crippen LogP) is 4.22. The summed E-state index contributed by atoms with van der Waals surface area (Å²) in [6.07, 6.45) is -0.995. The third kappa shape index (κ3) is 4.59. The van der Waals surface area contributed by atoms with E-state index in [0.29, 0.717) is 17.3 Å². The van der Waals surface area contributed by atoms with E-state index < -0.39 is 16.1 Å². The van der Waals surface area contributed by atoms with Crippen LogP contribution in [0.2, 0.25) is 5.02 Å². The molecule has 1 heterocycles. The Bertz CT molecular complexity index is 1200. The number of ether oxygens (including phenoxy) is 1. The highest BCUT2D eigenvalue weighted by molar-refractivity contribution is 7.92. The van der Waals surface area contributed by atoms with Gasteiger partial charge in [-0.05, 0) is 41.8 Å². The normalized spacial score (nSPS) is 16.6. The Balaban J connectivity index is 1.57. The Labute approximate surface area is 192 Å². The Kier molecular flexibility index (Phi) is 6.39. The van der Waals surface area contributed by atoms with Crippen molar-refractivity contribution in [2.24, 2.45) is 0 Å². The van der Waals surface area contributed by atoms with E-state index in [1.54, 1.807) is 30.3 Å². The zero-order valence-electron chi connectivity index (χ0n) is 17.4. The number of rotatable bonds is 6. The predicted molar refractivity (Wildman–Crippen MR) is 125 cm³/mol. The minimum atomic E-state index is -3.92. The third-order valence-corrected chi connectivity index (χ3v) is 7.39. The quantitative estimate of drug-likeness (QED) is 0.585. The molecule has 166 valence electrons. The summed E-state index contributed by atoms with van der Waals surface area (Å²) < 4.78 is 33.8. The van der Waals surface area contributed by atoms with Gasteiger partial charge in [-0.15, -0.1) is 0 Å². The number of carbonyl (C=O) groups is 1. The molecule has 6 nitrogen and oxygen atoms in total. The molecule has 1 aliphatic rings. The van der Waals surface area contributed by atoms with Crippen LogP contribution in [0.4, 0.5) is 5.69 Å². The topological polar surface area (TPSA) is 75.7 Å². The molecule has 0 aromatic heterocycles. The van der Waals surface area contributed by atoms with Crippen molar-refractivity contribution < 1.29 is 17.9 Å². The van der Waals surface area contributed by atoms with Gasteiger partial charge in [-0.25, -0.2) is 8.42 Å². The van der Waals surface area contributed by atoms with Crippen molar-refractivity contribution in [3.63, 3.8) is 0 Å². The van der Waals surface area contributed by atoms with Crippen molar-refractivity contribution >= 4 is 33.2 Å². The summed E-state index contributed by atoms with van der Waals surface area (Å²) >= 11 is 6.12. The van der Waals surface area contributed by atoms with E-state index in [1.807, 2.05) is 37.3 Å². The fourth-order valence-corrected chi connectivity index (χ4v) is 5.23. The van der Waals surface area contributed by atoms with Gasteiger partial charge in [-0.2, -0.15) is 0 Å². The van der Waals surface area contributed by atoms with Crippen molar-refractivity contribution in [3.8, 4) is 5.75 Å². The molecule has 4 rings (SSSR count). The molecule has 32 heavy (non-hydrogen) atoms. The van der Waals surface area contributed by atoms with Crippen molar-refractivity contribution in [2.75, 3.05) is 17.4 Å². The van der Waals surface area contributed by atoms with E-state index in [1.165, 1.54) is 22.5 Å². The number of hydrogen-bond acceptors (Lipinski definition) is 4. The summed E-state index contributed by atoms with van der Waals surface area (Å²) in [5.74, 6) is 0.0112. The molecule has 0 unspecified atom stereocenters. The first kappa shape index (κ1) is 22.2. The van der Waals surface area contributed by atoms with Crippen molar-refractivity contribution in [1.29, 1.82) is 0 Å². The summed E-state index contributed by atoms with van der Waals surface area (Å²) in [5, 5.41) is 3.27. The molecule has 0 saturated carbocycles. The van der Waals surface area contributed by atoms with Gasteiger partial charge in [0, 0.05) is 11.6 Å². The first-order valence-electron chi connectivity index (χ1n) is 10.2. The van der Waals surface area contributed by atoms with Gasteiger partial charge in [0.2, 0.25) is 0 Å². The Morgan fingerprint density at radius 1 is 1.09 bits per heavy atom. The number of hydrogen-bond donors (Lipinski definition) is 1. The maximum absolute atomic E-state index is 13.4. The highest BCUT2D eigenvalue weighted by atomic mass is 35.5. The second-order valence-electron chi connectivity index (χ2n) is 7.62. The van der Waals surface area contributed by atoms with Crippen LogP contribution in [0.25, 0.3) is 0 Å². The molecular formula is C24H23ClN2O4S. The second kappa shape index (κ2) is 9.22. The van der Waals surface area contributed by atoms with Crippen LogP contribution in [-0.4, -0.2) is 33.5 Å². The van der Waals surface area contributed by atoms with Crippen molar-refractivity contribution in [2.45, 2.75) is 23.8 Å². The number of sulfonamides is 1. The Morgan fingerprint density at radius 3 is 2.44 bits per heavy atom. The number of nitrogens with one attached hydrogen (secondary N) is 1. The lowest BCUT2D eigenvalue weighted by Gasteiger charge is -2.35. The van der Waals surface area contributed by atoms with Crippen LogP contribution >= 0.6 is 11.6 Å². The van der Waals surface area contributed by atoms with Crippen molar-refractivity contribution in [3.05, 3.63) is 89.4 Å². The molecule has 0 aliphatic carbocycles. The van der Waals surface area contributed by atoms with Gasteiger partial charge in [0.1, 0.15) is 5.75 Å². The molecule has 3 aromatic carbocycles. The van der Waals surface area contributed by atoms with Crippen molar-refractivity contribution in [1.82, 2.24) is 5.32 Å². The summed E-state index contributed by atoms with van der Waals surface area (Å²) in [6, 6.07) is 22.7. The van der Waals surface area contributed by atoms with Crippen LogP contribution in [0.3, 0.4) is 0 Å². The smallest absolute Gasteiger partial charge is 0.264 e. The molecule has 0 radical (unpaired) electrons. The highest BCUT2D eigenvalue weighted by Crippen LogP contribution is 2.38. The first-order chi connectivity index (χ1) is 15.4. The number of anilines is 1. The van der Waals surface area contributed by atoms with Gasteiger partial charge in [-0.3, -0.25) is 9.10 Å². The van der Waals surface area contributed by atoms with E-state index >= 15 is 0 Å². The van der Waals surface area contributed by atoms with E-state index in [9.17, 15) is 13.2 Å². The minimum absolute atomic E-state index is 0.0963. The fourth-order valence-electron chi connectivity index (χ4n) is 3.58. The van der Waals surface area contributed by atoms with Gasteiger partial charge in [0.15, 0.2) is 6.10 Å². The molecule has 0 spiro atoms. The van der Waals surface area contributed by atoms with Gasteiger partial charge < -0.3 is 10.1 Å². The average Bonchev–Trinajstić information content (AvgIpc) is 2.82. The zero-order chi connectivity index (χ0) is 22.7. The number of amides is 1. The van der Waals surface area contributed by atoms with Crippen LogP contribution in [0.1, 0.15) is 18.4 Å². The average molecular weight is 471 g/mol. The van der Waals surface area contributed by atoms with Gasteiger partial charge in [0.25, 0.3) is 15.9 Å². The summed E-state index contributed by atoms with van der Waals surface area (Å²) in [4.78, 5) is 13.1. The molecule has 1 aliphatic heterocycles. The van der Waals surface area contributed by atoms with Gasteiger partial charge in [-0.1, -0.05) is 67.1 Å². The van der Waals surface area contributed by atoms with Crippen LogP contribution in [-0.2, 0) is 14.8 Å². The molecule has 0 saturated heterocycles. The lowest BCUT2D eigenvalue weighted by molar-refractivity contribution is -0.127. The van der Waals surface area contributed by atoms with E-state index in [2.05, 4.69) is 5.32 Å². The largest absolute Gasteiger partial charge is 0.476 e. The highest BCUT2D eigenvalue weighted by Gasteiger charge is 2.37. The van der Waals surface area contributed by atoms with Crippen LogP contribution in [0.5, 0.6) is 5.75 Å². The van der Waals surface area contributed by atoms with Crippen LogP contribution in [0.15, 0.2) is 83.8 Å². The van der Waals surface area contributed by atoms with Gasteiger partial charge >= 0.3 is 0 Å². The van der Waals surface area contributed by atoms with E-state index in [0.717, 1.165) is 5.56 Å². The maximum atomic E-state index is 13.4. The molecule has 2 atom stereocenters. The SMILES string of the molecule is C[C@H](CNC(=O)[C@H]1CN(S(=O)(=O)c2ccccc2)c2cc(Cl)ccc2O1)c1ccccc1. The summed E-state index contributed by atoms with van der Waals surface area (Å²) in [7, 11) is -3.92. The minimum Gasteiger partial charge on any atom is -0.476 e. The lowest BCUT2D eigenvalue weighted by atomic mass is 10.0. The molecule has 1 amide bonds. The number of halogens is 1. The summed E-state index contributed by atoms with van der Waals surface area (Å²) in [5.41, 5.74) is 1.41. The molecular weight excluding hydrogens is 448 g/mol. The number of benzene rings is 3. The molecule has 3 aromatic rings. The number of carbonyl (C=O) groups excluding carboxylic acids is 1. The Hall–Kier alpha value is -3.03. The molecule has 0 fully saturated rings. The Morgan fingerprint density at radius 2 is 1.75 bits per heavy atom. The van der Waals surface area contributed by atoms with E-state index in [-0.39, 0.29) is 29.0 Å². The van der Waals surface area contributed by atoms with Gasteiger partial charge in [0.05, 0.1) is 17.1 Å². The lowest BCUT2D eigenvalue weighted by Crippen LogP contribution is -2.51. The second-order valence-corrected chi connectivity index (χ2v) is 9.92. The van der Waals surface area contributed by atoms with E-state index in [4.69, 9.17) is 16.3 Å². The van der Waals surface area contributed by atoms with Crippen LogP contribution < -0.4 is 14.4 Å². The number of nitrogens with zero attached hydrogens (tertiary/aromatic N) is 1. The number of fused-ring (bicyclic) bond motifs is 1. The fraction of sp³-hybridized carbons (Fsp3) is 0.208.